The molecule has 0 bridgehead atoms. The maximum Gasteiger partial charge on any atom is 0.283 e. The van der Waals surface area contributed by atoms with Gasteiger partial charge in [0.1, 0.15) is 5.56 Å². The Morgan fingerprint density at radius 2 is 1.59 bits per heavy atom. The first-order chi connectivity index (χ1) is 14.0. The fourth-order valence-electron chi connectivity index (χ4n) is 2.70. The number of para-hydroxylation sites is 1. The van der Waals surface area contributed by atoms with Crippen LogP contribution < -0.4 is 10.6 Å². The van der Waals surface area contributed by atoms with Crippen LogP contribution in [0.25, 0.3) is 0 Å². The summed E-state index contributed by atoms with van der Waals surface area (Å²) in [7, 11) is 0. The summed E-state index contributed by atoms with van der Waals surface area (Å²) in [5.74, 6) is -1.09. The van der Waals surface area contributed by atoms with E-state index < -0.39 is 16.5 Å². The number of carbonyl (C=O) groups is 2. The Bertz CT molecular complexity index is 1070. The SMILES string of the molecule is O=C(NCc1ccccc1)c1ccccc1NC(=O)c1ccc(Cl)cc1[N+](=O)[O-]. The second kappa shape index (κ2) is 8.99. The van der Waals surface area contributed by atoms with Gasteiger partial charge in [0.05, 0.1) is 16.2 Å². The van der Waals surface area contributed by atoms with Crippen molar-refractivity contribution in [2.75, 3.05) is 5.32 Å². The number of carbonyl (C=O) groups excluding carboxylic acids is 2. The molecule has 0 unspecified atom stereocenters. The minimum Gasteiger partial charge on any atom is -0.348 e. The highest BCUT2D eigenvalue weighted by Gasteiger charge is 2.22. The molecule has 3 rings (SSSR count). The number of hydrogen-bond acceptors (Lipinski definition) is 4. The molecule has 0 atom stereocenters. The van der Waals surface area contributed by atoms with Gasteiger partial charge in [0, 0.05) is 17.6 Å². The van der Waals surface area contributed by atoms with E-state index in [0.29, 0.717) is 6.54 Å². The molecule has 0 aromatic heterocycles. The van der Waals surface area contributed by atoms with Crippen LogP contribution >= 0.6 is 11.6 Å². The first-order valence-electron chi connectivity index (χ1n) is 8.62. The Morgan fingerprint density at radius 3 is 2.31 bits per heavy atom. The molecule has 2 amide bonds. The highest BCUT2D eigenvalue weighted by Crippen LogP contribution is 2.25. The van der Waals surface area contributed by atoms with Gasteiger partial charge in [-0.25, -0.2) is 0 Å². The van der Waals surface area contributed by atoms with E-state index in [1.54, 1.807) is 24.3 Å². The van der Waals surface area contributed by atoms with Gasteiger partial charge in [-0.1, -0.05) is 54.1 Å². The van der Waals surface area contributed by atoms with Crippen LogP contribution in [-0.4, -0.2) is 16.7 Å². The van der Waals surface area contributed by atoms with Crippen LogP contribution in [0.1, 0.15) is 26.3 Å². The lowest BCUT2D eigenvalue weighted by Gasteiger charge is -2.12. The summed E-state index contributed by atoms with van der Waals surface area (Å²) in [4.78, 5) is 35.8. The molecule has 0 radical (unpaired) electrons. The molecular formula is C21H16ClN3O4. The number of halogens is 1. The molecule has 3 aromatic rings. The number of nitro groups is 1. The molecule has 0 aliphatic carbocycles. The van der Waals surface area contributed by atoms with Crippen molar-refractivity contribution < 1.29 is 14.5 Å². The molecule has 3 aromatic carbocycles. The summed E-state index contributed by atoms with van der Waals surface area (Å²) < 4.78 is 0. The molecule has 0 aliphatic rings. The van der Waals surface area contributed by atoms with Gasteiger partial charge in [-0.2, -0.15) is 0 Å². The minimum absolute atomic E-state index is 0.147. The van der Waals surface area contributed by atoms with Gasteiger partial charge in [-0.3, -0.25) is 19.7 Å². The second-order valence-electron chi connectivity index (χ2n) is 6.09. The van der Waals surface area contributed by atoms with Crippen molar-refractivity contribution >= 4 is 34.8 Å². The van der Waals surface area contributed by atoms with E-state index in [0.717, 1.165) is 11.6 Å². The van der Waals surface area contributed by atoms with Crippen LogP contribution in [0.3, 0.4) is 0 Å². The van der Waals surface area contributed by atoms with E-state index in [9.17, 15) is 19.7 Å². The van der Waals surface area contributed by atoms with Crippen molar-refractivity contribution in [3.05, 3.63) is 105 Å². The van der Waals surface area contributed by atoms with Crippen molar-refractivity contribution in [2.45, 2.75) is 6.54 Å². The Kier molecular flexibility index (Phi) is 6.21. The molecule has 0 heterocycles. The lowest BCUT2D eigenvalue weighted by Crippen LogP contribution is -2.25. The smallest absolute Gasteiger partial charge is 0.283 e. The molecular weight excluding hydrogens is 394 g/mol. The van der Waals surface area contributed by atoms with Crippen LogP contribution in [0.2, 0.25) is 5.02 Å². The van der Waals surface area contributed by atoms with Gasteiger partial charge in [0.25, 0.3) is 17.5 Å². The maximum atomic E-state index is 12.6. The summed E-state index contributed by atoms with van der Waals surface area (Å²) in [5, 5.41) is 16.7. The standard InChI is InChI=1S/C21H16ClN3O4/c22-15-10-11-17(19(12-15)25(28)29)21(27)24-18-9-5-4-8-16(18)20(26)23-13-14-6-2-1-3-7-14/h1-12H,13H2,(H,23,26)(H,24,27). The van der Waals surface area contributed by atoms with Gasteiger partial charge in [0.2, 0.25) is 0 Å². The van der Waals surface area contributed by atoms with Crippen molar-refractivity contribution in [1.29, 1.82) is 0 Å². The van der Waals surface area contributed by atoms with Gasteiger partial charge < -0.3 is 10.6 Å². The third-order valence-corrected chi connectivity index (χ3v) is 4.35. The van der Waals surface area contributed by atoms with Gasteiger partial charge in [-0.05, 0) is 29.8 Å². The van der Waals surface area contributed by atoms with E-state index in [2.05, 4.69) is 10.6 Å². The lowest BCUT2D eigenvalue weighted by molar-refractivity contribution is -0.385. The Balaban J connectivity index is 1.80. The molecule has 0 fully saturated rings. The zero-order valence-electron chi connectivity index (χ0n) is 15.1. The molecule has 0 aliphatic heterocycles. The van der Waals surface area contributed by atoms with Crippen molar-refractivity contribution in [3.8, 4) is 0 Å². The zero-order chi connectivity index (χ0) is 20.8. The highest BCUT2D eigenvalue weighted by atomic mass is 35.5. The van der Waals surface area contributed by atoms with E-state index >= 15 is 0 Å². The summed E-state index contributed by atoms with van der Waals surface area (Å²) in [6.07, 6.45) is 0. The van der Waals surface area contributed by atoms with E-state index in [4.69, 9.17) is 11.6 Å². The molecule has 8 heteroatoms. The zero-order valence-corrected chi connectivity index (χ0v) is 15.8. The number of nitro benzene ring substituents is 1. The first kappa shape index (κ1) is 20.0. The minimum atomic E-state index is -0.711. The van der Waals surface area contributed by atoms with Crippen LogP contribution in [-0.2, 0) is 6.54 Å². The van der Waals surface area contributed by atoms with E-state index in [1.165, 1.54) is 12.1 Å². The Morgan fingerprint density at radius 1 is 0.897 bits per heavy atom. The molecule has 0 saturated carbocycles. The van der Waals surface area contributed by atoms with Crippen LogP contribution in [0.4, 0.5) is 11.4 Å². The maximum absolute atomic E-state index is 12.6. The number of rotatable bonds is 6. The van der Waals surface area contributed by atoms with E-state index in [-0.39, 0.29) is 27.7 Å². The van der Waals surface area contributed by atoms with Crippen LogP contribution in [0.15, 0.2) is 72.8 Å². The second-order valence-corrected chi connectivity index (χ2v) is 6.52. The fraction of sp³-hybridized carbons (Fsp3) is 0.0476. The van der Waals surface area contributed by atoms with Crippen molar-refractivity contribution in [2.24, 2.45) is 0 Å². The van der Waals surface area contributed by atoms with E-state index in [1.807, 2.05) is 30.3 Å². The Hall–Kier alpha value is -3.71. The molecule has 0 spiro atoms. The monoisotopic (exact) mass is 409 g/mol. The first-order valence-corrected chi connectivity index (χ1v) is 9.00. The topological polar surface area (TPSA) is 101 Å². The van der Waals surface area contributed by atoms with Crippen LogP contribution in [0.5, 0.6) is 0 Å². The Labute approximate surface area is 171 Å². The third kappa shape index (κ3) is 4.97. The summed E-state index contributed by atoms with van der Waals surface area (Å²) in [6, 6.07) is 19.6. The summed E-state index contributed by atoms with van der Waals surface area (Å²) in [6.45, 7) is 0.324. The summed E-state index contributed by atoms with van der Waals surface area (Å²) >= 11 is 5.79. The summed E-state index contributed by atoms with van der Waals surface area (Å²) in [5.41, 5.74) is 0.847. The number of benzene rings is 3. The molecule has 0 saturated heterocycles. The average Bonchev–Trinajstić information content (AvgIpc) is 2.73. The number of hydrogen-bond donors (Lipinski definition) is 2. The number of nitrogens with zero attached hydrogens (tertiary/aromatic N) is 1. The molecule has 146 valence electrons. The number of anilines is 1. The van der Waals surface area contributed by atoms with Crippen molar-refractivity contribution in [3.63, 3.8) is 0 Å². The quantitative estimate of drug-likeness (QED) is 0.464. The number of amides is 2. The highest BCUT2D eigenvalue weighted by molar-refractivity contribution is 6.31. The largest absolute Gasteiger partial charge is 0.348 e. The predicted octanol–water partition coefficient (Wildman–Crippen LogP) is 4.43. The normalized spacial score (nSPS) is 10.2. The fourth-order valence-corrected chi connectivity index (χ4v) is 2.87. The molecule has 7 nitrogen and oxygen atoms in total. The average molecular weight is 410 g/mol. The lowest BCUT2D eigenvalue weighted by atomic mass is 10.1. The molecule has 29 heavy (non-hydrogen) atoms. The van der Waals surface area contributed by atoms with Crippen LogP contribution in [0, 0.1) is 10.1 Å². The van der Waals surface area contributed by atoms with Gasteiger partial charge in [0.15, 0.2) is 0 Å². The molecule has 2 N–H and O–H groups in total. The number of nitrogens with one attached hydrogen (secondary N) is 2. The predicted molar refractivity (Wildman–Crippen MR) is 110 cm³/mol. The van der Waals surface area contributed by atoms with Gasteiger partial charge >= 0.3 is 0 Å². The van der Waals surface area contributed by atoms with Gasteiger partial charge in [-0.15, -0.1) is 0 Å². The van der Waals surface area contributed by atoms with Crippen molar-refractivity contribution in [1.82, 2.24) is 5.32 Å². The third-order valence-electron chi connectivity index (χ3n) is 4.12.